The van der Waals surface area contributed by atoms with Crippen molar-refractivity contribution in [1.29, 1.82) is 0 Å². The fourth-order valence-electron chi connectivity index (χ4n) is 2.24. The van der Waals surface area contributed by atoms with Gasteiger partial charge >= 0.3 is 5.69 Å². The molecule has 2 aromatic rings. The maximum Gasteiger partial charge on any atom is 0.332 e. The van der Waals surface area contributed by atoms with Crippen LogP contribution >= 0.6 is 11.8 Å². The van der Waals surface area contributed by atoms with Gasteiger partial charge < -0.3 is 0 Å². The molecule has 0 aliphatic carbocycles. The Balaban J connectivity index is 2.88. The summed E-state index contributed by atoms with van der Waals surface area (Å²) in [5.41, 5.74) is -0.286. The molecule has 0 fully saturated rings. The summed E-state index contributed by atoms with van der Waals surface area (Å²) in [7, 11) is 3.12. The van der Waals surface area contributed by atoms with E-state index in [1.54, 1.807) is 7.05 Å². The lowest BCUT2D eigenvalue weighted by Gasteiger charge is -2.13. The van der Waals surface area contributed by atoms with Gasteiger partial charge in [-0.05, 0) is 5.92 Å². The normalized spacial score (nSPS) is 11.8. The van der Waals surface area contributed by atoms with Crippen LogP contribution in [0.3, 0.4) is 0 Å². The van der Waals surface area contributed by atoms with E-state index >= 15 is 0 Å². The first-order chi connectivity index (χ1) is 10.2. The van der Waals surface area contributed by atoms with Crippen molar-refractivity contribution < 1.29 is 0 Å². The van der Waals surface area contributed by atoms with Gasteiger partial charge in [0.2, 0.25) is 0 Å². The number of hydrogen-bond donors (Lipinski definition) is 0. The van der Waals surface area contributed by atoms with Gasteiger partial charge in [-0.1, -0.05) is 27.7 Å². The SMILES string of the molecule is CC(C)Cc1nc(SC(C)C)c2c(=O)n(C)c(=O)n(C)c2n1. The van der Waals surface area contributed by atoms with Crippen LogP contribution in [0.2, 0.25) is 0 Å². The van der Waals surface area contributed by atoms with Gasteiger partial charge in [0.05, 0.1) is 0 Å². The molecule has 0 aliphatic heterocycles. The highest BCUT2D eigenvalue weighted by Crippen LogP contribution is 2.26. The number of rotatable bonds is 4. The van der Waals surface area contributed by atoms with Crippen molar-refractivity contribution in [1.82, 2.24) is 19.1 Å². The molecule has 2 aromatic heterocycles. The topological polar surface area (TPSA) is 69.8 Å². The van der Waals surface area contributed by atoms with Crippen molar-refractivity contribution >= 4 is 22.8 Å². The molecule has 6 nitrogen and oxygen atoms in total. The van der Waals surface area contributed by atoms with Gasteiger partial charge in [0.1, 0.15) is 16.2 Å². The third-order valence-corrected chi connectivity index (χ3v) is 4.24. The van der Waals surface area contributed by atoms with E-state index in [0.717, 1.165) is 4.57 Å². The second-order valence-electron chi connectivity index (χ2n) is 6.11. The Morgan fingerprint density at radius 1 is 1.05 bits per heavy atom. The molecule has 0 aliphatic rings. The Bertz CT molecular complexity index is 821. The van der Waals surface area contributed by atoms with Crippen LogP contribution in [0.5, 0.6) is 0 Å². The third-order valence-electron chi connectivity index (χ3n) is 3.25. The molecule has 120 valence electrons. The molecular weight excluding hydrogens is 300 g/mol. The first kappa shape index (κ1) is 16.7. The molecule has 0 atom stereocenters. The Labute approximate surface area is 133 Å². The lowest BCUT2D eigenvalue weighted by molar-refractivity contribution is 0.613. The molecule has 2 heterocycles. The van der Waals surface area contributed by atoms with Crippen molar-refractivity contribution in [3.05, 3.63) is 26.7 Å². The Kier molecular flexibility index (Phi) is 4.75. The van der Waals surface area contributed by atoms with E-state index in [2.05, 4.69) is 23.8 Å². The predicted molar refractivity (Wildman–Crippen MR) is 89.6 cm³/mol. The highest BCUT2D eigenvalue weighted by Gasteiger charge is 2.18. The van der Waals surface area contributed by atoms with Crippen LogP contribution in [0.25, 0.3) is 11.0 Å². The average molecular weight is 322 g/mol. The first-order valence-corrected chi connectivity index (χ1v) is 8.23. The lowest BCUT2D eigenvalue weighted by atomic mass is 10.1. The van der Waals surface area contributed by atoms with E-state index in [1.165, 1.54) is 23.4 Å². The molecule has 22 heavy (non-hydrogen) atoms. The van der Waals surface area contributed by atoms with E-state index in [0.29, 0.717) is 34.2 Å². The minimum atomic E-state index is -0.368. The zero-order valence-electron chi connectivity index (χ0n) is 13.9. The zero-order valence-corrected chi connectivity index (χ0v) is 14.7. The van der Waals surface area contributed by atoms with Crippen LogP contribution in [0, 0.1) is 5.92 Å². The molecule has 0 unspecified atom stereocenters. The van der Waals surface area contributed by atoms with Crippen LogP contribution in [0.1, 0.15) is 33.5 Å². The number of aryl methyl sites for hydroxylation is 1. The summed E-state index contributed by atoms with van der Waals surface area (Å²) in [6.45, 7) is 8.28. The second kappa shape index (κ2) is 6.24. The van der Waals surface area contributed by atoms with Gasteiger partial charge in [-0.25, -0.2) is 14.8 Å². The summed E-state index contributed by atoms with van der Waals surface area (Å²) in [5, 5.41) is 1.37. The molecule has 0 spiro atoms. The molecule has 7 heteroatoms. The van der Waals surface area contributed by atoms with Crippen LogP contribution < -0.4 is 11.2 Å². The van der Waals surface area contributed by atoms with Gasteiger partial charge in [0.25, 0.3) is 5.56 Å². The summed E-state index contributed by atoms with van der Waals surface area (Å²) < 4.78 is 2.53. The van der Waals surface area contributed by atoms with Gasteiger partial charge in [0.15, 0.2) is 5.65 Å². The quantitative estimate of drug-likeness (QED) is 0.633. The van der Waals surface area contributed by atoms with Crippen LogP contribution in [-0.4, -0.2) is 24.4 Å². The fraction of sp³-hybridized carbons (Fsp3) is 0.600. The van der Waals surface area contributed by atoms with Gasteiger partial charge in [0, 0.05) is 25.8 Å². The number of fused-ring (bicyclic) bond motifs is 1. The number of aromatic nitrogens is 4. The Morgan fingerprint density at radius 2 is 1.68 bits per heavy atom. The maximum atomic E-state index is 12.5. The van der Waals surface area contributed by atoms with E-state index in [-0.39, 0.29) is 16.5 Å². The predicted octanol–water partition coefficient (Wildman–Crippen LogP) is 1.73. The Hall–Kier alpha value is -1.63. The summed E-state index contributed by atoms with van der Waals surface area (Å²) >= 11 is 1.53. The van der Waals surface area contributed by atoms with Crippen molar-refractivity contribution in [2.24, 2.45) is 20.0 Å². The molecule has 0 saturated heterocycles. The molecule has 0 radical (unpaired) electrons. The average Bonchev–Trinajstić information content (AvgIpc) is 2.41. The van der Waals surface area contributed by atoms with Crippen LogP contribution in [0.15, 0.2) is 14.6 Å². The summed E-state index contributed by atoms with van der Waals surface area (Å²) in [6.07, 6.45) is 0.713. The van der Waals surface area contributed by atoms with Crippen molar-refractivity contribution in [2.45, 2.75) is 44.4 Å². The molecule has 2 rings (SSSR count). The summed E-state index contributed by atoms with van der Waals surface area (Å²) in [6, 6.07) is 0. The minimum Gasteiger partial charge on any atom is -0.280 e. The summed E-state index contributed by atoms with van der Waals surface area (Å²) in [5.74, 6) is 1.08. The highest BCUT2D eigenvalue weighted by molar-refractivity contribution is 8.00. The van der Waals surface area contributed by atoms with Crippen molar-refractivity contribution in [2.75, 3.05) is 0 Å². The number of nitrogens with zero attached hydrogens (tertiary/aromatic N) is 4. The third kappa shape index (κ3) is 3.09. The van der Waals surface area contributed by atoms with E-state index in [9.17, 15) is 9.59 Å². The van der Waals surface area contributed by atoms with Crippen molar-refractivity contribution in [3.63, 3.8) is 0 Å². The Morgan fingerprint density at radius 3 is 2.23 bits per heavy atom. The molecule has 0 bridgehead atoms. The second-order valence-corrected chi connectivity index (χ2v) is 7.68. The monoisotopic (exact) mass is 322 g/mol. The first-order valence-electron chi connectivity index (χ1n) is 7.35. The highest BCUT2D eigenvalue weighted by atomic mass is 32.2. The van der Waals surface area contributed by atoms with E-state index in [1.807, 2.05) is 13.8 Å². The molecule has 0 aromatic carbocycles. The molecule has 0 amide bonds. The van der Waals surface area contributed by atoms with Gasteiger partial charge in [-0.3, -0.25) is 13.9 Å². The van der Waals surface area contributed by atoms with Crippen molar-refractivity contribution in [3.8, 4) is 0 Å². The van der Waals surface area contributed by atoms with E-state index in [4.69, 9.17) is 0 Å². The number of thioether (sulfide) groups is 1. The smallest absolute Gasteiger partial charge is 0.280 e. The zero-order chi connectivity index (χ0) is 16.6. The largest absolute Gasteiger partial charge is 0.332 e. The van der Waals surface area contributed by atoms with Crippen LogP contribution in [0.4, 0.5) is 0 Å². The lowest BCUT2D eigenvalue weighted by Crippen LogP contribution is -2.38. The van der Waals surface area contributed by atoms with E-state index < -0.39 is 0 Å². The molecular formula is C15H22N4O2S. The van der Waals surface area contributed by atoms with Crippen LogP contribution in [-0.2, 0) is 20.5 Å². The number of hydrogen-bond acceptors (Lipinski definition) is 5. The molecule has 0 N–H and O–H groups in total. The standard InChI is InChI=1S/C15H22N4O2S/c1-8(2)7-10-16-12-11(13(17-10)22-9(3)4)14(20)19(6)15(21)18(12)5/h8-9H,7H2,1-6H3. The minimum absolute atomic E-state index is 0.284. The fourth-order valence-corrected chi connectivity index (χ4v) is 3.14. The molecule has 0 saturated carbocycles. The van der Waals surface area contributed by atoms with Gasteiger partial charge in [-0.15, -0.1) is 11.8 Å². The summed E-state index contributed by atoms with van der Waals surface area (Å²) in [4.78, 5) is 33.7. The van der Waals surface area contributed by atoms with Gasteiger partial charge in [-0.2, -0.15) is 0 Å². The maximum absolute atomic E-state index is 12.5.